The molecule has 0 atom stereocenters. The Morgan fingerprint density at radius 1 is 1.12 bits per heavy atom. The summed E-state index contributed by atoms with van der Waals surface area (Å²) in [5, 5.41) is 0. The third-order valence-corrected chi connectivity index (χ3v) is 4.60. The van der Waals surface area contributed by atoms with Gasteiger partial charge in [-0.15, -0.1) is 0 Å². The maximum Gasteiger partial charge on any atom is 0.126 e. The fourth-order valence-corrected chi connectivity index (χ4v) is 2.92. The molecule has 0 aromatic heterocycles. The first-order chi connectivity index (χ1) is 12.5. The van der Waals surface area contributed by atoms with Crippen LogP contribution in [0.4, 0.5) is 0 Å². The van der Waals surface area contributed by atoms with Crippen molar-refractivity contribution in [3.8, 4) is 5.75 Å². The molecule has 1 aromatic carbocycles. The van der Waals surface area contributed by atoms with Gasteiger partial charge in [-0.3, -0.25) is 4.99 Å². The van der Waals surface area contributed by atoms with Crippen LogP contribution in [0.2, 0.25) is 0 Å². The van der Waals surface area contributed by atoms with Crippen LogP contribution in [0.5, 0.6) is 5.75 Å². The second-order valence-electron chi connectivity index (χ2n) is 7.34. The van der Waals surface area contributed by atoms with Crippen LogP contribution in [0.3, 0.4) is 0 Å². The summed E-state index contributed by atoms with van der Waals surface area (Å²) in [4.78, 5) is 13.8. The zero-order valence-electron chi connectivity index (χ0n) is 16.1. The molecule has 3 rings (SSSR count). The molecule has 0 spiro atoms. The van der Waals surface area contributed by atoms with E-state index >= 15 is 0 Å². The largest absolute Gasteiger partial charge is 0.494 e. The molecule has 1 aliphatic heterocycles. The van der Waals surface area contributed by atoms with E-state index < -0.39 is 0 Å². The number of amidine groups is 1. The Balaban J connectivity index is 1.68. The van der Waals surface area contributed by atoms with Crippen LogP contribution in [-0.4, -0.2) is 30.4 Å². The monoisotopic (exact) mass is 349 g/mol. The van der Waals surface area contributed by atoms with E-state index in [-0.39, 0.29) is 5.41 Å². The molecule has 2 aliphatic rings. The highest BCUT2D eigenvalue weighted by atomic mass is 16.5. The van der Waals surface area contributed by atoms with Crippen LogP contribution in [0.25, 0.3) is 0 Å². The Morgan fingerprint density at radius 2 is 1.88 bits per heavy atom. The Labute approximate surface area is 156 Å². The van der Waals surface area contributed by atoms with E-state index in [9.17, 15) is 0 Å². The lowest BCUT2D eigenvalue weighted by Crippen LogP contribution is -2.24. The SMILES string of the molecule is CCCCOc1ccc(C(C)(C)CN=C2C=CC=C3N=C(C)N=C32)cc1. The summed E-state index contributed by atoms with van der Waals surface area (Å²) >= 11 is 0. The normalized spacial score (nSPS) is 17.7. The zero-order valence-corrected chi connectivity index (χ0v) is 16.1. The van der Waals surface area contributed by atoms with Crippen molar-refractivity contribution in [1.29, 1.82) is 0 Å². The molecule has 0 N–H and O–H groups in total. The summed E-state index contributed by atoms with van der Waals surface area (Å²) < 4.78 is 5.76. The average molecular weight is 349 g/mol. The van der Waals surface area contributed by atoms with E-state index in [0.29, 0.717) is 6.54 Å². The van der Waals surface area contributed by atoms with E-state index in [1.165, 1.54) is 5.56 Å². The maximum absolute atomic E-state index is 5.76. The molecule has 0 unspecified atom stereocenters. The molecule has 0 saturated carbocycles. The average Bonchev–Trinajstić information content (AvgIpc) is 3.01. The van der Waals surface area contributed by atoms with Crippen molar-refractivity contribution in [2.45, 2.75) is 46.0 Å². The zero-order chi connectivity index (χ0) is 18.6. The molecule has 1 aliphatic carbocycles. The second kappa shape index (κ2) is 7.81. The van der Waals surface area contributed by atoms with Gasteiger partial charge in [-0.1, -0.05) is 45.4 Å². The van der Waals surface area contributed by atoms with Gasteiger partial charge in [0.05, 0.1) is 18.0 Å². The van der Waals surface area contributed by atoms with E-state index in [1.807, 2.05) is 25.2 Å². The molecule has 0 saturated heterocycles. The molecule has 0 amide bonds. The molecule has 26 heavy (non-hydrogen) atoms. The Morgan fingerprint density at radius 3 is 2.62 bits per heavy atom. The number of hydrogen-bond acceptors (Lipinski definition) is 4. The van der Waals surface area contributed by atoms with Crippen LogP contribution in [0.1, 0.15) is 46.1 Å². The standard InChI is InChI=1S/C22H27N3O/c1-5-6-14-26-18-12-10-17(11-13-18)22(3,4)15-23-19-8-7-9-20-21(19)25-16(2)24-20/h7-13H,5-6,14-15H2,1-4H3. The van der Waals surface area contributed by atoms with E-state index in [2.05, 4.69) is 55.0 Å². The molecule has 4 heteroatoms. The lowest BCUT2D eigenvalue weighted by Gasteiger charge is -2.24. The van der Waals surface area contributed by atoms with Crippen molar-refractivity contribution < 1.29 is 4.74 Å². The number of hydrogen-bond donors (Lipinski definition) is 0. The number of rotatable bonds is 7. The van der Waals surface area contributed by atoms with Gasteiger partial charge in [0.2, 0.25) is 0 Å². The third kappa shape index (κ3) is 4.18. The van der Waals surface area contributed by atoms with Crippen molar-refractivity contribution in [1.82, 2.24) is 0 Å². The number of unbranched alkanes of at least 4 members (excludes halogenated alkanes) is 1. The minimum atomic E-state index is -0.0703. The first kappa shape index (κ1) is 18.3. The van der Waals surface area contributed by atoms with Crippen molar-refractivity contribution in [3.05, 3.63) is 53.8 Å². The summed E-state index contributed by atoms with van der Waals surface area (Å²) in [6.45, 7) is 9.98. The Bertz CT molecular complexity index is 808. The van der Waals surface area contributed by atoms with Gasteiger partial charge >= 0.3 is 0 Å². The van der Waals surface area contributed by atoms with Crippen molar-refractivity contribution in [3.63, 3.8) is 0 Å². The summed E-state index contributed by atoms with van der Waals surface area (Å²) in [7, 11) is 0. The molecule has 4 nitrogen and oxygen atoms in total. The summed E-state index contributed by atoms with van der Waals surface area (Å²) in [6, 6.07) is 8.40. The van der Waals surface area contributed by atoms with Crippen LogP contribution < -0.4 is 4.74 Å². The van der Waals surface area contributed by atoms with Crippen LogP contribution in [0.15, 0.2) is 63.2 Å². The van der Waals surface area contributed by atoms with Gasteiger partial charge in [-0.25, -0.2) is 9.98 Å². The quantitative estimate of drug-likeness (QED) is 0.509. The molecule has 0 fully saturated rings. The van der Waals surface area contributed by atoms with Gasteiger partial charge in [0.25, 0.3) is 0 Å². The molecule has 0 bridgehead atoms. The van der Waals surface area contributed by atoms with Crippen LogP contribution >= 0.6 is 0 Å². The van der Waals surface area contributed by atoms with Crippen LogP contribution in [-0.2, 0) is 5.41 Å². The highest BCUT2D eigenvalue weighted by Gasteiger charge is 2.23. The molecule has 0 radical (unpaired) electrons. The molecule has 1 heterocycles. The number of nitrogens with zero attached hydrogens (tertiary/aromatic N) is 3. The number of ether oxygens (including phenoxy) is 1. The fraction of sp³-hybridized carbons (Fsp3) is 0.409. The maximum atomic E-state index is 5.76. The smallest absolute Gasteiger partial charge is 0.126 e. The first-order valence-electron chi connectivity index (χ1n) is 9.30. The number of aliphatic imine (C=N–C) groups is 3. The molecular weight excluding hydrogens is 322 g/mol. The van der Waals surface area contributed by atoms with Gasteiger partial charge in [0.1, 0.15) is 17.3 Å². The van der Waals surface area contributed by atoms with Gasteiger partial charge < -0.3 is 4.74 Å². The summed E-state index contributed by atoms with van der Waals surface area (Å²) in [6.07, 6.45) is 8.22. The van der Waals surface area contributed by atoms with E-state index in [1.54, 1.807) is 0 Å². The van der Waals surface area contributed by atoms with Gasteiger partial charge in [0.15, 0.2) is 0 Å². The fourth-order valence-electron chi connectivity index (χ4n) is 2.92. The predicted molar refractivity (Wildman–Crippen MR) is 110 cm³/mol. The molecule has 1 aromatic rings. The van der Waals surface area contributed by atoms with Crippen molar-refractivity contribution in [2.75, 3.05) is 13.2 Å². The van der Waals surface area contributed by atoms with Gasteiger partial charge in [-0.2, -0.15) is 0 Å². The first-order valence-corrected chi connectivity index (χ1v) is 9.30. The summed E-state index contributed by atoms with van der Waals surface area (Å²) in [5.41, 5.74) is 3.89. The Hall–Kier alpha value is -2.49. The minimum absolute atomic E-state index is 0.0703. The minimum Gasteiger partial charge on any atom is -0.494 e. The number of fused-ring (bicyclic) bond motifs is 1. The highest BCUT2D eigenvalue weighted by molar-refractivity contribution is 6.55. The Kier molecular flexibility index (Phi) is 5.50. The molecular formula is C22H27N3O. The van der Waals surface area contributed by atoms with E-state index in [4.69, 9.17) is 9.73 Å². The lowest BCUT2D eigenvalue weighted by atomic mass is 9.84. The second-order valence-corrected chi connectivity index (χ2v) is 7.34. The van der Waals surface area contributed by atoms with Gasteiger partial charge in [0, 0.05) is 12.0 Å². The topological polar surface area (TPSA) is 46.3 Å². The van der Waals surface area contributed by atoms with Crippen molar-refractivity contribution >= 4 is 17.3 Å². The lowest BCUT2D eigenvalue weighted by molar-refractivity contribution is 0.309. The van der Waals surface area contributed by atoms with Crippen LogP contribution in [0, 0.1) is 0 Å². The number of benzene rings is 1. The molecule has 136 valence electrons. The van der Waals surface area contributed by atoms with E-state index in [0.717, 1.165) is 48.2 Å². The summed E-state index contributed by atoms with van der Waals surface area (Å²) in [5.74, 6) is 1.72. The van der Waals surface area contributed by atoms with Crippen molar-refractivity contribution in [2.24, 2.45) is 15.0 Å². The van der Waals surface area contributed by atoms with Gasteiger partial charge in [-0.05, 0) is 43.2 Å². The third-order valence-electron chi connectivity index (χ3n) is 4.60. The number of allylic oxidation sites excluding steroid dienone is 4. The predicted octanol–water partition coefficient (Wildman–Crippen LogP) is 4.91. The highest BCUT2D eigenvalue weighted by Crippen LogP contribution is 2.26.